The number of carbonyl (C=O) groups is 1. The molecule has 0 aliphatic rings. The van der Waals surface area contributed by atoms with Gasteiger partial charge in [0.25, 0.3) is 5.56 Å². The molecule has 2 aromatic heterocycles. The van der Waals surface area contributed by atoms with Crippen LogP contribution < -0.4 is 15.6 Å². The number of hydrogen-bond donors (Lipinski definition) is 2. The van der Waals surface area contributed by atoms with E-state index in [-0.39, 0.29) is 30.3 Å². The molecule has 4 rings (SSSR count). The molecule has 0 fully saturated rings. The highest BCUT2D eigenvalue weighted by atomic mass is 32.1. The Morgan fingerprint density at radius 3 is 2.53 bits per heavy atom. The molecule has 1 amide bonds. The summed E-state index contributed by atoms with van der Waals surface area (Å²) < 4.78 is 40.5. The van der Waals surface area contributed by atoms with Crippen molar-refractivity contribution < 1.29 is 22.7 Å². The molecule has 176 valence electrons. The minimum Gasteiger partial charge on any atom is -0.406 e. The van der Waals surface area contributed by atoms with Crippen molar-refractivity contribution in [3.8, 4) is 16.9 Å². The summed E-state index contributed by atoms with van der Waals surface area (Å²) in [7, 11) is 1.69. The van der Waals surface area contributed by atoms with Crippen molar-refractivity contribution in [2.24, 2.45) is 0 Å². The van der Waals surface area contributed by atoms with Gasteiger partial charge in [-0.2, -0.15) is 0 Å². The molecule has 0 bridgehead atoms. The molecule has 0 aliphatic heterocycles. The Morgan fingerprint density at radius 1 is 1.15 bits per heavy atom. The van der Waals surface area contributed by atoms with Crippen molar-refractivity contribution in [1.82, 2.24) is 14.9 Å². The smallest absolute Gasteiger partial charge is 0.406 e. The van der Waals surface area contributed by atoms with Crippen molar-refractivity contribution in [3.63, 3.8) is 0 Å². The van der Waals surface area contributed by atoms with E-state index in [0.717, 1.165) is 23.3 Å². The lowest BCUT2D eigenvalue weighted by Gasteiger charge is -2.16. The quantitative estimate of drug-likeness (QED) is 0.396. The summed E-state index contributed by atoms with van der Waals surface area (Å²) in [4.78, 5) is 34.6. The van der Waals surface area contributed by atoms with Crippen molar-refractivity contribution in [2.75, 3.05) is 18.9 Å². The van der Waals surface area contributed by atoms with E-state index in [1.54, 1.807) is 11.9 Å². The molecule has 2 heterocycles. The first-order valence-corrected chi connectivity index (χ1v) is 11.0. The first-order chi connectivity index (χ1) is 16.2. The van der Waals surface area contributed by atoms with Crippen LogP contribution in [0.1, 0.15) is 5.82 Å². The normalized spacial score (nSPS) is 11.7. The Labute approximate surface area is 195 Å². The van der Waals surface area contributed by atoms with Crippen LogP contribution in [0, 0.1) is 0 Å². The second-order valence-corrected chi connectivity index (χ2v) is 8.36. The molecule has 0 unspecified atom stereocenters. The fourth-order valence-electron chi connectivity index (χ4n) is 3.40. The summed E-state index contributed by atoms with van der Waals surface area (Å²) in [6.07, 6.45) is -4.78. The zero-order chi connectivity index (χ0) is 24.3. The van der Waals surface area contributed by atoms with Gasteiger partial charge in [-0.3, -0.25) is 14.5 Å². The van der Waals surface area contributed by atoms with Gasteiger partial charge in [0.2, 0.25) is 5.91 Å². The van der Waals surface area contributed by atoms with Crippen LogP contribution in [0.4, 0.5) is 18.9 Å². The molecule has 2 aromatic carbocycles. The molecule has 0 saturated heterocycles. The highest BCUT2D eigenvalue weighted by Crippen LogP contribution is 2.30. The number of anilines is 1. The summed E-state index contributed by atoms with van der Waals surface area (Å²) >= 11 is 1.37. The van der Waals surface area contributed by atoms with Gasteiger partial charge in [0.15, 0.2) is 0 Å². The number of rotatable bonds is 7. The van der Waals surface area contributed by atoms with E-state index in [2.05, 4.69) is 20.0 Å². The third-order valence-corrected chi connectivity index (χ3v) is 5.65. The minimum absolute atomic E-state index is 0.0255. The minimum atomic E-state index is -4.78. The molecule has 0 saturated carbocycles. The van der Waals surface area contributed by atoms with Gasteiger partial charge in [-0.25, -0.2) is 4.98 Å². The number of hydrogen-bond acceptors (Lipinski definition) is 6. The summed E-state index contributed by atoms with van der Waals surface area (Å²) in [5.41, 5.74) is 1.83. The maximum Gasteiger partial charge on any atom is 0.573 e. The van der Waals surface area contributed by atoms with E-state index in [4.69, 9.17) is 0 Å². The second-order valence-electron chi connectivity index (χ2n) is 7.50. The van der Waals surface area contributed by atoms with E-state index >= 15 is 0 Å². The van der Waals surface area contributed by atoms with E-state index in [9.17, 15) is 22.8 Å². The molecule has 4 aromatic rings. The lowest BCUT2D eigenvalue weighted by Crippen LogP contribution is -2.31. The molecule has 0 aliphatic carbocycles. The standard InChI is InChI=1S/C23H19F3N4O3S/c1-30(12-19(31)27-15-7-9-16(10-8-15)33-23(24,25)26)11-18-28-21(32)20-17(13-34-22(20)29-18)14-5-3-2-4-6-14/h2-10,13H,11-12H2,1H3,(H,27,31)(H,28,29,32). The average Bonchev–Trinajstić information content (AvgIpc) is 3.19. The molecular formula is C23H19F3N4O3S. The van der Waals surface area contributed by atoms with E-state index in [0.29, 0.717) is 21.7 Å². The highest BCUT2D eigenvalue weighted by molar-refractivity contribution is 7.17. The summed E-state index contributed by atoms with van der Waals surface area (Å²) in [6, 6.07) is 14.4. The fraction of sp³-hybridized carbons (Fsp3) is 0.174. The number of halogens is 3. The maximum atomic E-state index is 12.7. The molecule has 34 heavy (non-hydrogen) atoms. The number of aromatic nitrogens is 2. The second kappa shape index (κ2) is 9.65. The summed E-state index contributed by atoms with van der Waals surface area (Å²) in [5, 5.41) is 5.03. The Hall–Kier alpha value is -3.70. The van der Waals surface area contributed by atoms with Crippen LogP contribution in [0.2, 0.25) is 0 Å². The molecule has 0 spiro atoms. The number of thiophene rings is 1. The number of aromatic amines is 1. The van der Waals surface area contributed by atoms with Gasteiger partial charge in [-0.05, 0) is 36.9 Å². The topological polar surface area (TPSA) is 87.3 Å². The Balaban J connectivity index is 1.39. The first-order valence-electron chi connectivity index (χ1n) is 10.1. The first kappa shape index (κ1) is 23.5. The number of carbonyl (C=O) groups excluding carboxylic acids is 1. The van der Waals surface area contributed by atoms with Crippen LogP contribution >= 0.6 is 11.3 Å². The van der Waals surface area contributed by atoms with E-state index < -0.39 is 6.36 Å². The van der Waals surface area contributed by atoms with E-state index in [1.807, 2.05) is 35.7 Å². The van der Waals surface area contributed by atoms with Gasteiger partial charge in [0.1, 0.15) is 16.4 Å². The average molecular weight is 488 g/mol. The molecular weight excluding hydrogens is 469 g/mol. The maximum absolute atomic E-state index is 12.7. The number of likely N-dealkylation sites (N-methyl/N-ethyl adjacent to an activating group) is 1. The van der Waals surface area contributed by atoms with Gasteiger partial charge in [-0.15, -0.1) is 24.5 Å². The van der Waals surface area contributed by atoms with Gasteiger partial charge >= 0.3 is 6.36 Å². The third-order valence-electron chi connectivity index (χ3n) is 4.78. The summed E-state index contributed by atoms with van der Waals surface area (Å²) in [6.45, 7) is 0.192. The van der Waals surface area contributed by atoms with Crippen LogP contribution in [0.15, 0.2) is 64.8 Å². The monoisotopic (exact) mass is 488 g/mol. The zero-order valence-corrected chi connectivity index (χ0v) is 18.7. The van der Waals surface area contributed by atoms with Crippen LogP contribution in [0.5, 0.6) is 5.75 Å². The molecule has 0 radical (unpaired) electrons. The van der Waals surface area contributed by atoms with Crippen LogP contribution in [-0.2, 0) is 11.3 Å². The van der Waals surface area contributed by atoms with Crippen LogP contribution in [0.25, 0.3) is 21.3 Å². The zero-order valence-electron chi connectivity index (χ0n) is 17.8. The van der Waals surface area contributed by atoms with Gasteiger partial charge in [0, 0.05) is 16.6 Å². The van der Waals surface area contributed by atoms with Gasteiger partial charge < -0.3 is 15.0 Å². The Kier molecular flexibility index (Phi) is 6.66. The number of H-pyrrole nitrogens is 1. The number of ether oxygens (including phenoxy) is 1. The van der Waals surface area contributed by atoms with Crippen LogP contribution in [0.3, 0.4) is 0 Å². The van der Waals surface area contributed by atoms with E-state index in [1.165, 1.54) is 23.5 Å². The molecule has 11 heteroatoms. The number of amides is 1. The van der Waals surface area contributed by atoms with Crippen molar-refractivity contribution in [1.29, 1.82) is 0 Å². The number of fused-ring (bicyclic) bond motifs is 1. The van der Waals surface area contributed by atoms with Gasteiger partial charge in [0.05, 0.1) is 18.5 Å². The number of nitrogens with one attached hydrogen (secondary N) is 2. The van der Waals surface area contributed by atoms with Crippen molar-refractivity contribution >= 4 is 33.1 Å². The lowest BCUT2D eigenvalue weighted by molar-refractivity contribution is -0.274. The number of benzene rings is 2. The number of alkyl halides is 3. The highest BCUT2D eigenvalue weighted by Gasteiger charge is 2.31. The lowest BCUT2D eigenvalue weighted by atomic mass is 10.1. The molecule has 7 nitrogen and oxygen atoms in total. The van der Waals surface area contributed by atoms with Crippen molar-refractivity contribution in [3.05, 3.63) is 76.2 Å². The molecule has 0 atom stereocenters. The third kappa shape index (κ3) is 5.80. The Morgan fingerprint density at radius 2 is 1.85 bits per heavy atom. The molecule has 2 N–H and O–H groups in total. The summed E-state index contributed by atoms with van der Waals surface area (Å²) in [5.74, 6) is -0.335. The fourth-order valence-corrected chi connectivity index (χ4v) is 4.36. The number of nitrogens with zero attached hydrogens (tertiary/aromatic N) is 2. The largest absolute Gasteiger partial charge is 0.573 e. The van der Waals surface area contributed by atoms with Crippen LogP contribution in [-0.4, -0.2) is 40.7 Å². The predicted molar refractivity (Wildman–Crippen MR) is 124 cm³/mol. The SMILES string of the molecule is CN(CC(=O)Nc1ccc(OC(F)(F)F)cc1)Cc1nc2scc(-c3ccccc3)c2c(=O)[nH]1. The van der Waals surface area contributed by atoms with Gasteiger partial charge in [-0.1, -0.05) is 30.3 Å². The predicted octanol–water partition coefficient (Wildman–Crippen LogP) is 4.62. The van der Waals surface area contributed by atoms with Crippen molar-refractivity contribution in [2.45, 2.75) is 12.9 Å². The Bertz CT molecular complexity index is 1350.